The van der Waals surface area contributed by atoms with Crippen LogP contribution in [0.25, 0.3) is 0 Å². The second kappa shape index (κ2) is 7.07. The first-order valence-corrected chi connectivity index (χ1v) is 8.30. The highest BCUT2D eigenvalue weighted by molar-refractivity contribution is 5.92. The molecule has 0 saturated carbocycles. The molecule has 1 aromatic heterocycles. The predicted molar refractivity (Wildman–Crippen MR) is 95.4 cm³/mol. The number of anilines is 1. The van der Waals surface area contributed by atoms with Crippen LogP contribution in [0, 0.1) is 6.92 Å². The number of rotatable bonds is 5. The van der Waals surface area contributed by atoms with Gasteiger partial charge in [0.2, 0.25) is 5.95 Å². The number of aryl methyl sites for hydroxylation is 1. The van der Waals surface area contributed by atoms with Crippen LogP contribution in [-0.4, -0.2) is 41.6 Å². The van der Waals surface area contributed by atoms with Crippen LogP contribution >= 0.6 is 0 Å². The number of fused-ring (bicyclic) bond motifs is 1. The molecule has 0 aliphatic carbocycles. The van der Waals surface area contributed by atoms with E-state index in [1.807, 2.05) is 13.0 Å². The minimum absolute atomic E-state index is 0.279. The van der Waals surface area contributed by atoms with E-state index in [-0.39, 0.29) is 6.61 Å². The van der Waals surface area contributed by atoms with Crippen molar-refractivity contribution in [3.63, 3.8) is 0 Å². The van der Waals surface area contributed by atoms with Crippen LogP contribution in [-0.2, 0) is 9.53 Å². The molecule has 2 aromatic rings. The zero-order valence-corrected chi connectivity index (χ0v) is 15.5. The minimum atomic E-state index is -0.545. The van der Waals surface area contributed by atoms with Crippen molar-refractivity contribution in [2.75, 3.05) is 26.1 Å². The van der Waals surface area contributed by atoms with E-state index in [1.165, 1.54) is 0 Å². The van der Waals surface area contributed by atoms with Gasteiger partial charge in [0.1, 0.15) is 23.4 Å². The van der Waals surface area contributed by atoms with Crippen LogP contribution in [0.15, 0.2) is 29.5 Å². The Morgan fingerprint density at radius 2 is 2.04 bits per heavy atom. The summed E-state index contributed by atoms with van der Waals surface area (Å²) in [7, 11) is 3.17. The number of carbonyl (C=O) groups excluding carboxylic acids is 1. The lowest BCUT2D eigenvalue weighted by Crippen LogP contribution is -2.30. The van der Waals surface area contributed by atoms with Gasteiger partial charge in [0.05, 0.1) is 26.4 Å². The number of ether oxygens (including phenoxy) is 3. The summed E-state index contributed by atoms with van der Waals surface area (Å²) in [6.45, 7) is 5.67. The molecule has 3 rings (SSSR count). The third kappa shape index (κ3) is 2.98. The predicted octanol–water partition coefficient (Wildman–Crippen LogP) is 2.46. The van der Waals surface area contributed by atoms with Crippen molar-refractivity contribution in [2.24, 2.45) is 0 Å². The molecule has 0 bridgehead atoms. The summed E-state index contributed by atoms with van der Waals surface area (Å²) < 4.78 is 17.8. The fourth-order valence-corrected chi connectivity index (χ4v) is 3.07. The smallest absolute Gasteiger partial charge is 0.338 e. The molecule has 2 heterocycles. The molecule has 0 spiro atoms. The highest BCUT2D eigenvalue weighted by atomic mass is 16.5. The first-order chi connectivity index (χ1) is 12.5. The maximum atomic E-state index is 12.7. The number of allylic oxidation sites excluding steroid dienone is 1. The van der Waals surface area contributed by atoms with Gasteiger partial charge in [-0.25, -0.2) is 9.48 Å². The van der Waals surface area contributed by atoms with Crippen molar-refractivity contribution in [1.82, 2.24) is 14.8 Å². The summed E-state index contributed by atoms with van der Waals surface area (Å²) in [6.07, 6.45) is 0. The van der Waals surface area contributed by atoms with Gasteiger partial charge in [-0.2, -0.15) is 10.1 Å². The number of methoxy groups -OCH3 is 2. The SMILES string of the molecule is CCOC(=O)C1=C(C)Nc2nc(C)nn2[C@@H]1c1cc(OC)ccc1OC. The van der Waals surface area contributed by atoms with Crippen LogP contribution in [0.5, 0.6) is 11.5 Å². The largest absolute Gasteiger partial charge is 0.497 e. The average Bonchev–Trinajstić information content (AvgIpc) is 2.99. The lowest BCUT2D eigenvalue weighted by Gasteiger charge is -2.29. The van der Waals surface area contributed by atoms with Crippen LogP contribution < -0.4 is 14.8 Å². The van der Waals surface area contributed by atoms with Gasteiger partial charge in [-0.1, -0.05) is 0 Å². The second-order valence-electron chi connectivity index (χ2n) is 5.82. The molecule has 138 valence electrons. The number of aromatic nitrogens is 3. The van der Waals surface area contributed by atoms with Crippen molar-refractivity contribution >= 4 is 11.9 Å². The molecular formula is C18H22N4O4. The molecular weight excluding hydrogens is 336 g/mol. The van der Waals surface area contributed by atoms with E-state index in [0.29, 0.717) is 34.5 Å². The quantitative estimate of drug-likeness (QED) is 0.822. The summed E-state index contributed by atoms with van der Waals surface area (Å²) in [4.78, 5) is 17.1. The monoisotopic (exact) mass is 358 g/mol. The van der Waals surface area contributed by atoms with Gasteiger partial charge < -0.3 is 19.5 Å². The Balaban J connectivity index is 2.24. The first kappa shape index (κ1) is 17.8. The number of esters is 1. The van der Waals surface area contributed by atoms with E-state index < -0.39 is 12.0 Å². The molecule has 0 fully saturated rings. The topological polar surface area (TPSA) is 87.5 Å². The summed E-state index contributed by atoms with van der Waals surface area (Å²) in [5.74, 6) is 2.01. The molecule has 1 atom stereocenters. The highest BCUT2D eigenvalue weighted by Crippen LogP contribution is 2.40. The maximum Gasteiger partial charge on any atom is 0.338 e. The van der Waals surface area contributed by atoms with Crippen molar-refractivity contribution in [2.45, 2.75) is 26.8 Å². The Bertz CT molecular complexity index is 872. The highest BCUT2D eigenvalue weighted by Gasteiger charge is 2.36. The molecule has 0 radical (unpaired) electrons. The summed E-state index contributed by atoms with van der Waals surface area (Å²) in [5, 5.41) is 7.60. The molecule has 1 aromatic carbocycles. The van der Waals surface area contributed by atoms with Crippen LogP contribution in [0.2, 0.25) is 0 Å². The molecule has 8 heteroatoms. The van der Waals surface area contributed by atoms with E-state index in [0.717, 1.165) is 5.56 Å². The van der Waals surface area contributed by atoms with Gasteiger partial charge in [0.25, 0.3) is 0 Å². The van der Waals surface area contributed by atoms with Crippen molar-refractivity contribution in [1.29, 1.82) is 0 Å². The summed E-state index contributed by atoms with van der Waals surface area (Å²) in [6, 6.07) is 4.90. The van der Waals surface area contributed by atoms with Crippen LogP contribution in [0.4, 0.5) is 5.95 Å². The lowest BCUT2D eigenvalue weighted by molar-refractivity contribution is -0.139. The molecule has 0 unspecified atom stereocenters. The second-order valence-corrected chi connectivity index (χ2v) is 5.82. The van der Waals surface area contributed by atoms with Crippen LogP contribution in [0.1, 0.15) is 31.3 Å². The standard InChI is InChI=1S/C18H22N4O4/c1-6-26-17(23)15-10(2)19-18-20-11(3)21-22(18)16(15)13-9-12(24-4)7-8-14(13)25-5/h7-9,16H,6H2,1-5H3,(H,19,20,21)/t16-/m1/s1. The number of hydrogen-bond donors (Lipinski definition) is 1. The summed E-state index contributed by atoms with van der Waals surface area (Å²) in [5.41, 5.74) is 1.86. The van der Waals surface area contributed by atoms with Crippen molar-refractivity contribution < 1.29 is 19.0 Å². The fraction of sp³-hybridized carbons (Fsp3) is 0.389. The number of carbonyl (C=O) groups is 1. The van der Waals surface area contributed by atoms with E-state index in [4.69, 9.17) is 14.2 Å². The fourth-order valence-electron chi connectivity index (χ4n) is 3.07. The Morgan fingerprint density at radius 3 is 2.69 bits per heavy atom. The molecule has 0 saturated heterocycles. The Labute approximate surface area is 151 Å². The third-order valence-electron chi connectivity index (χ3n) is 4.19. The van der Waals surface area contributed by atoms with Gasteiger partial charge >= 0.3 is 5.97 Å². The Kier molecular flexibility index (Phi) is 4.83. The van der Waals surface area contributed by atoms with Gasteiger partial charge in [0.15, 0.2) is 0 Å². The van der Waals surface area contributed by atoms with Gasteiger partial charge in [-0.05, 0) is 39.0 Å². The molecule has 8 nitrogen and oxygen atoms in total. The van der Waals surface area contributed by atoms with E-state index in [9.17, 15) is 4.79 Å². The Hall–Kier alpha value is -3.03. The number of hydrogen-bond acceptors (Lipinski definition) is 7. The van der Waals surface area contributed by atoms with E-state index in [1.54, 1.807) is 44.9 Å². The van der Waals surface area contributed by atoms with Crippen molar-refractivity contribution in [3.8, 4) is 11.5 Å². The van der Waals surface area contributed by atoms with Crippen LogP contribution in [0.3, 0.4) is 0 Å². The van der Waals surface area contributed by atoms with E-state index in [2.05, 4.69) is 15.4 Å². The number of nitrogens with zero attached hydrogens (tertiary/aromatic N) is 3. The average molecular weight is 358 g/mol. The zero-order chi connectivity index (χ0) is 18.8. The molecule has 26 heavy (non-hydrogen) atoms. The maximum absolute atomic E-state index is 12.7. The van der Waals surface area contributed by atoms with Gasteiger partial charge in [-0.15, -0.1) is 0 Å². The van der Waals surface area contributed by atoms with Gasteiger partial charge in [-0.3, -0.25) is 0 Å². The molecule has 1 aliphatic heterocycles. The minimum Gasteiger partial charge on any atom is -0.497 e. The summed E-state index contributed by atoms with van der Waals surface area (Å²) >= 11 is 0. The van der Waals surface area contributed by atoms with E-state index >= 15 is 0 Å². The number of nitrogens with one attached hydrogen (secondary N) is 1. The zero-order valence-electron chi connectivity index (χ0n) is 15.5. The Morgan fingerprint density at radius 1 is 1.27 bits per heavy atom. The molecule has 0 amide bonds. The lowest BCUT2D eigenvalue weighted by atomic mass is 9.94. The molecule has 1 aliphatic rings. The number of benzene rings is 1. The normalized spacial score (nSPS) is 16.0. The molecule has 1 N–H and O–H groups in total. The first-order valence-electron chi connectivity index (χ1n) is 8.30. The third-order valence-corrected chi connectivity index (χ3v) is 4.19. The van der Waals surface area contributed by atoms with Gasteiger partial charge in [0, 0.05) is 11.3 Å². The van der Waals surface area contributed by atoms with Crippen molar-refractivity contribution in [3.05, 3.63) is 40.9 Å².